The smallest absolute Gasteiger partial charge is 0.251 e. The number of anilines is 1. The molecular weight excluding hydrogens is 316 g/mol. The van der Waals surface area contributed by atoms with E-state index in [-0.39, 0.29) is 17.7 Å². The molecule has 0 radical (unpaired) electrons. The average molecular weight is 340 g/mol. The van der Waals surface area contributed by atoms with Gasteiger partial charge in [0.2, 0.25) is 5.91 Å². The zero-order chi connectivity index (χ0) is 18.4. The quantitative estimate of drug-likeness (QED) is 0.847. The maximum atomic E-state index is 12.7. The van der Waals surface area contributed by atoms with Crippen LogP contribution in [0.5, 0.6) is 5.75 Å². The number of carbonyl (C=O) groups excluding carboxylic acids is 2. The van der Waals surface area contributed by atoms with Crippen molar-refractivity contribution >= 4 is 17.5 Å². The molecule has 132 valence electrons. The second-order valence-corrected chi connectivity index (χ2v) is 6.25. The molecule has 0 aromatic heterocycles. The highest BCUT2D eigenvalue weighted by molar-refractivity contribution is 6.01. The van der Waals surface area contributed by atoms with Gasteiger partial charge < -0.3 is 15.4 Å². The molecule has 0 fully saturated rings. The predicted molar refractivity (Wildman–Crippen MR) is 98.9 cm³/mol. The van der Waals surface area contributed by atoms with Gasteiger partial charge in [-0.2, -0.15) is 0 Å². The van der Waals surface area contributed by atoms with Crippen LogP contribution in [0.1, 0.15) is 29.8 Å². The van der Waals surface area contributed by atoms with E-state index in [1.165, 1.54) is 0 Å². The third-order valence-electron chi connectivity index (χ3n) is 3.91. The van der Waals surface area contributed by atoms with Gasteiger partial charge in [0.05, 0.1) is 12.8 Å². The number of carbonyl (C=O) groups is 2. The van der Waals surface area contributed by atoms with Gasteiger partial charge in [0.25, 0.3) is 5.91 Å². The largest absolute Gasteiger partial charge is 0.495 e. The van der Waals surface area contributed by atoms with Crippen LogP contribution in [-0.2, 0) is 4.79 Å². The summed E-state index contributed by atoms with van der Waals surface area (Å²) in [5, 5.41) is 5.65. The van der Waals surface area contributed by atoms with Crippen LogP contribution >= 0.6 is 0 Å². The minimum absolute atomic E-state index is 0.0656. The van der Waals surface area contributed by atoms with Crippen LogP contribution in [-0.4, -0.2) is 25.0 Å². The van der Waals surface area contributed by atoms with Crippen LogP contribution in [0.3, 0.4) is 0 Å². The summed E-state index contributed by atoms with van der Waals surface area (Å²) in [7, 11) is 1.55. The van der Waals surface area contributed by atoms with Crippen LogP contribution in [0.4, 0.5) is 5.69 Å². The number of para-hydroxylation sites is 2. The molecule has 5 nitrogen and oxygen atoms in total. The molecule has 2 aromatic carbocycles. The molecular formula is C20H24N2O3. The highest BCUT2D eigenvalue weighted by Gasteiger charge is 2.25. The number of amides is 2. The fraction of sp³-hybridized carbons (Fsp3) is 0.300. The number of rotatable bonds is 6. The van der Waals surface area contributed by atoms with Gasteiger partial charge in [-0.25, -0.2) is 0 Å². The van der Waals surface area contributed by atoms with Crippen molar-refractivity contribution in [2.45, 2.75) is 26.8 Å². The summed E-state index contributed by atoms with van der Waals surface area (Å²) in [6.07, 6.45) is 0. The minimum atomic E-state index is -0.654. The molecule has 0 bridgehead atoms. The van der Waals surface area contributed by atoms with E-state index in [9.17, 15) is 9.59 Å². The molecule has 25 heavy (non-hydrogen) atoms. The first kappa shape index (κ1) is 18.5. The number of benzene rings is 2. The Kier molecular flexibility index (Phi) is 6.17. The Morgan fingerprint density at radius 3 is 2.24 bits per heavy atom. The third-order valence-corrected chi connectivity index (χ3v) is 3.91. The van der Waals surface area contributed by atoms with Crippen LogP contribution in [0.2, 0.25) is 0 Å². The summed E-state index contributed by atoms with van der Waals surface area (Å²) in [6, 6.07) is 13.8. The summed E-state index contributed by atoms with van der Waals surface area (Å²) in [5.74, 6) is -0.0406. The van der Waals surface area contributed by atoms with E-state index in [1.54, 1.807) is 31.4 Å². The summed E-state index contributed by atoms with van der Waals surface area (Å²) < 4.78 is 5.25. The van der Waals surface area contributed by atoms with E-state index in [4.69, 9.17) is 4.74 Å². The fourth-order valence-electron chi connectivity index (χ4n) is 2.42. The Balaban J connectivity index is 2.12. The Morgan fingerprint density at radius 1 is 1.00 bits per heavy atom. The van der Waals surface area contributed by atoms with Crippen molar-refractivity contribution in [3.8, 4) is 5.75 Å². The van der Waals surface area contributed by atoms with Gasteiger partial charge in [0.15, 0.2) is 0 Å². The second-order valence-electron chi connectivity index (χ2n) is 6.25. The van der Waals surface area contributed by atoms with E-state index in [2.05, 4.69) is 10.6 Å². The fourth-order valence-corrected chi connectivity index (χ4v) is 2.42. The van der Waals surface area contributed by atoms with Gasteiger partial charge in [0.1, 0.15) is 11.8 Å². The number of hydrogen-bond donors (Lipinski definition) is 2. The molecule has 2 aromatic rings. The van der Waals surface area contributed by atoms with Crippen molar-refractivity contribution < 1.29 is 14.3 Å². The van der Waals surface area contributed by atoms with E-state index >= 15 is 0 Å². The first-order valence-corrected chi connectivity index (χ1v) is 8.23. The summed E-state index contributed by atoms with van der Waals surface area (Å²) in [4.78, 5) is 25.1. The molecule has 0 aliphatic carbocycles. The van der Waals surface area contributed by atoms with Crippen LogP contribution in [0, 0.1) is 12.8 Å². The topological polar surface area (TPSA) is 67.4 Å². The maximum Gasteiger partial charge on any atom is 0.251 e. The summed E-state index contributed by atoms with van der Waals surface area (Å²) in [6.45, 7) is 5.74. The number of methoxy groups -OCH3 is 1. The number of hydrogen-bond acceptors (Lipinski definition) is 3. The standard InChI is InChI=1S/C20H24N2O3/c1-13(2)18(22-19(23)15-11-9-14(3)10-12-15)20(24)21-16-7-5-6-8-17(16)25-4/h5-13,18H,1-4H3,(H,21,24)(H,22,23). The molecule has 0 spiro atoms. The van der Waals surface area contributed by atoms with Gasteiger partial charge in [-0.15, -0.1) is 0 Å². The lowest BCUT2D eigenvalue weighted by molar-refractivity contribution is -0.118. The molecule has 2 amide bonds. The van der Waals surface area contributed by atoms with E-state index in [0.717, 1.165) is 5.56 Å². The zero-order valence-electron chi connectivity index (χ0n) is 15.0. The van der Waals surface area contributed by atoms with Crippen molar-refractivity contribution in [1.82, 2.24) is 5.32 Å². The van der Waals surface area contributed by atoms with Crippen LogP contribution in [0.25, 0.3) is 0 Å². The molecule has 0 aliphatic rings. The van der Waals surface area contributed by atoms with Crippen molar-refractivity contribution in [1.29, 1.82) is 0 Å². The SMILES string of the molecule is COc1ccccc1NC(=O)C(NC(=O)c1ccc(C)cc1)C(C)C. The second kappa shape index (κ2) is 8.33. The predicted octanol–water partition coefficient (Wildman–Crippen LogP) is 3.40. The summed E-state index contributed by atoms with van der Waals surface area (Å²) in [5.41, 5.74) is 2.18. The van der Waals surface area contributed by atoms with Crippen molar-refractivity contribution in [3.63, 3.8) is 0 Å². The van der Waals surface area contributed by atoms with E-state index in [1.807, 2.05) is 45.0 Å². The van der Waals surface area contributed by atoms with Gasteiger partial charge >= 0.3 is 0 Å². The zero-order valence-corrected chi connectivity index (χ0v) is 15.0. The highest BCUT2D eigenvalue weighted by atomic mass is 16.5. The third kappa shape index (κ3) is 4.83. The van der Waals surface area contributed by atoms with Gasteiger partial charge in [-0.05, 0) is 37.1 Å². The molecule has 0 heterocycles. The Labute approximate surface area is 148 Å². The molecule has 1 atom stereocenters. The molecule has 2 rings (SSSR count). The highest BCUT2D eigenvalue weighted by Crippen LogP contribution is 2.23. The first-order valence-electron chi connectivity index (χ1n) is 8.23. The number of ether oxygens (including phenoxy) is 1. The monoisotopic (exact) mass is 340 g/mol. The van der Waals surface area contributed by atoms with Crippen molar-refractivity contribution in [2.75, 3.05) is 12.4 Å². The molecule has 0 saturated heterocycles. The molecule has 5 heteroatoms. The average Bonchev–Trinajstić information content (AvgIpc) is 2.60. The molecule has 0 saturated carbocycles. The Bertz CT molecular complexity index is 739. The normalized spacial score (nSPS) is 11.7. The lowest BCUT2D eigenvalue weighted by Gasteiger charge is -2.22. The van der Waals surface area contributed by atoms with Crippen molar-refractivity contribution in [3.05, 3.63) is 59.7 Å². The van der Waals surface area contributed by atoms with Gasteiger partial charge in [-0.1, -0.05) is 43.7 Å². The van der Waals surface area contributed by atoms with E-state index in [0.29, 0.717) is 17.0 Å². The molecule has 0 aliphatic heterocycles. The lowest BCUT2D eigenvalue weighted by Crippen LogP contribution is -2.47. The lowest BCUT2D eigenvalue weighted by atomic mass is 10.0. The number of aryl methyl sites for hydroxylation is 1. The molecule has 1 unspecified atom stereocenters. The molecule has 2 N–H and O–H groups in total. The Morgan fingerprint density at radius 2 is 1.64 bits per heavy atom. The minimum Gasteiger partial charge on any atom is -0.495 e. The number of nitrogens with one attached hydrogen (secondary N) is 2. The van der Waals surface area contributed by atoms with Gasteiger partial charge in [0, 0.05) is 5.56 Å². The first-order chi connectivity index (χ1) is 11.9. The van der Waals surface area contributed by atoms with Crippen LogP contribution < -0.4 is 15.4 Å². The summed E-state index contributed by atoms with van der Waals surface area (Å²) >= 11 is 0. The van der Waals surface area contributed by atoms with E-state index < -0.39 is 6.04 Å². The van der Waals surface area contributed by atoms with Crippen molar-refractivity contribution in [2.24, 2.45) is 5.92 Å². The van der Waals surface area contributed by atoms with Gasteiger partial charge in [-0.3, -0.25) is 9.59 Å². The van der Waals surface area contributed by atoms with Crippen LogP contribution in [0.15, 0.2) is 48.5 Å². The maximum absolute atomic E-state index is 12.7. The Hall–Kier alpha value is -2.82.